The molecule has 0 amide bonds. The van der Waals surface area contributed by atoms with Crippen molar-refractivity contribution in [1.82, 2.24) is 4.57 Å². The molecule has 0 atom stereocenters. The van der Waals surface area contributed by atoms with Gasteiger partial charge in [0.1, 0.15) is 0 Å². The predicted molar refractivity (Wildman–Crippen MR) is 82.3 cm³/mol. The van der Waals surface area contributed by atoms with Crippen LogP contribution in [-0.4, -0.2) is 15.3 Å². The first-order chi connectivity index (χ1) is 10.3. The molecule has 0 aliphatic carbocycles. The Morgan fingerprint density at radius 1 is 1.14 bits per heavy atom. The first-order valence-electron chi connectivity index (χ1n) is 6.75. The number of pyridine rings is 1. The SMILES string of the molecule is Cc1ccc(C(=O)Cn2cc([N+](=O)[O-])c(C)cc2=O)cc1C. The smallest absolute Gasteiger partial charge is 0.288 e. The number of rotatable bonds is 4. The lowest BCUT2D eigenvalue weighted by molar-refractivity contribution is -0.385. The number of carbonyl (C=O) groups is 1. The van der Waals surface area contributed by atoms with E-state index in [1.807, 2.05) is 19.9 Å². The second-order valence-electron chi connectivity index (χ2n) is 5.29. The van der Waals surface area contributed by atoms with Crippen LogP contribution in [0, 0.1) is 30.9 Å². The van der Waals surface area contributed by atoms with Gasteiger partial charge in [-0.15, -0.1) is 0 Å². The van der Waals surface area contributed by atoms with Gasteiger partial charge in [0.2, 0.25) is 0 Å². The molecule has 1 aromatic heterocycles. The Labute approximate surface area is 127 Å². The molecule has 1 heterocycles. The number of hydrogen-bond donors (Lipinski definition) is 0. The molecule has 6 nitrogen and oxygen atoms in total. The van der Waals surface area contributed by atoms with E-state index in [-0.39, 0.29) is 23.6 Å². The standard InChI is InChI=1S/C16H16N2O4/c1-10-4-5-13(6-11(10)2)15(19)9-17-8-14(18(21)22)12(3)7-16(17)20/h4-8H,9H2,1-3H3. The van der Waals surface area contributed by atoms with E-state index < -0.39 is 10.5 Å². The van der Waals surface area contributed by atoms with E-state index in [0.29, 0.717) is 5.56 Å². The molecule has 0 spiro atoms. The number of Topliss-reactive ketones (excluding diaryl/α,β-unsaturated/α-hetero) is 1. The number of ketones is 1. The van der Waals surface area contributed by atoms with Gasteiger partial charge >= 0.3 is 0 Å². The summed E-state index contributed by atoms with van der Waals surface area (Å²) in [7, 11) is 0. The highest BCUT2D eigenvalue weighted by atomic mass is 16.6. The molecule has 6 heteroatoms. The Hall–Kier alpha value is -2.76. The van der Waals surface area contributed by atoms with Crippen molar-refractivity contribution in [1.29, 1.82) is 0 Å². The monoisotopic (exact) mass is 300 g/mol. The topological polar surface area (TPSA) is 82.2 Å². The van der Waals surface area contributed by atoms with Gasteiger partial charge in [-0.05, 0) is 38.0 Å². The van der Waals surface area contributed by atoms with Crippen LogP contribution < -0.4 is 5.56 Å². The molecule has 0 saturated heterocycles. The first-order valence-corrected chi connectivity index (χ1v) is 6.75. The number of carbonyl (C=O) groups excluding carboxylic acids is 1. The van der Waals surface area contributed by atoms with Gasteiger partial charge in [0.05, 0.1) is 17.7 Å². The minimum absolute atomic E-state index is 0.174. The van der Waals surface area contributed by atoms with E-state index in [2.05, 4.69) is 0 Å². The average Bonchev–Trinajstić information content (AvgIpc) is 2.44. The van der Waals surface area contributed by atoms with Crippen molar-refractivity contribution in [3.05, 3.63) is 73.2 Å². The van der Waals surface area contributed by atoms with E-state index in [1.165, 1.54) is 13.0 Å². The largest absolute Gasteiger partial charge is 0.301 e. The van der Waals surface area contributed by atoms with E-state index in [9.17, 15) is 19.7 Å². The Kier molecular flexibility index (Phi) is 4.21. The highest BCUT2D eigenvalue weighted by Crippen LogP contribution is 2.15. The number of aromatic nitrogens is 1. The summed E-state index contributed by atoms with van der Waals surface area (Å²) in [6.07, 6.45) is 1.12. The number of nitro groups is 1. The summed E-state index contributed by atoms with van der Waals surface area (Å²) in [4.78, 5) is 34.5. The van der Waals surface area contributed by atoms with Crippen molar-refractivity contribution in [2.24, 2.45) is 0 Å². The molecule has 114 valence electrons. The molecule has 2 rings (SSSR count). The van der Waals surface area contributed by atoms with Gasteiger partial charge in [0.25, 0.3) is 11.2 Å². The quantitative estimate of drug-likeness (QED) is 0.493. The normalized spacial score (nSPS) is 10.5. The van der Waals surface area contributed by atoms with Crippen LogP contribution in [0.3, 0.4) is 0 Å². The van der Waals surface area contributed by atoms with E-state index >= 15 is 0 Å². The number of nitrogens with zero attached hydrogens (tertiary/aromatic N) is 2. The molecule has 2 aromatic rings. The van der Waals surface area contributed by atoms with Gasteiger partial charge in [-0.1, -0.05) is 12.1 Å². The molecule has 0 aliphatic heterocycles. The van der Waals surface area contributed by atoms with Crippen molar-refractivity contribution in [3.8, 4) is 0 Å². The van der Waals surface area contributed by atoms with Crippen LogP contribution in [-0.2, 0) is 6.54 Å². The fraction of sp³-hybridized carbons (Fsp3) is 0.250. The highest BCUT2D eigenvalue weighted by Gasteiger charge is 2.15. The first kappa shape index (κ1) is 15.6. The Morgan fingerprint density at radius 2 is 1.82 bits per heavy atom. The van der Waals surface area contributed by atoms with Crippen LogP contribution in [0.25, 0.3) is 0 Å². The lowest BCUT2D eigenvalue weighted by atomic mass is 10.0. The van der Waals surface area contributed by atoms with Crippen molar-refractivity contribution < 1.29 is 9.72 Å². The molecule has 1 aromatic carbocycles. The van der Waals surface area contributed by atoms with Gasteiger partial charge in [-0.3, -0.25) is 19.7 Å². The lowest BCUT2D eigenvalue weighted by Gasteiger charge is -2.08. The van der Waals surface area contributed by atoms with Gasteiger partial charge in [-0.2, -0.15) is 0 Å². The van der Waals surface area contributed by atoms with Crippen LogP contribution in [0.15, 0.2) is 35.3 Å². The molecular formula is C16H16N2O4. The summed E-state index contributed by atoms with van der Waals surface area (Å²) < 4.78 is 1.07. The highest BCUT2D eigenvalue weighted by molar-refractivity contribution is 5.96. The van der Waals surface area contributed by atoms with Crippen molar-refractivity contribution in [2.75, 3.05) is 0 Å². The van der Waals surface area contributed by atoms with E-state index in [4.69, 9.17) is 0 Å². The maximum atomic E-state index is 12.3. The fourth-order valence-corrected chi connectivity index (χ4v) is 2.13. The summed E-state index contributed by atoms with van der Waals surface area (Å²) in [5.41, 5.74) is 2.21. The van der Waals surface area contributed by atoms with Crippen LogP contribution >= 0.6 is 0 Å². The second kappa shape index (κ2) is 5.93. The van der Waals surface area contributed by atoms with Crippen molar-refractivity contribution in [2.45, 2.75) is 27.3 Å². The molecular weight excluding hydrogens is 284 g/mol. The van der Waals surface area contributed by atoms with Gasteiger partial charge in [0, 0.05) is 17.2 Å². The predicted octanol–water partition coefficient (Wildman–Crippen LogP) is 2.56. The summed E-state index contributed by atoms with van der Waals surface area (Å²) in [5.74, 6) is -0.261. The molecule has 0 N–H and O–H groups in total. The minimum atomic E-state index is -0.564. The summed E-state index contributed by atoms with van der Waals surface area (Å²) in [6, 6.07) is 6.46. The zero-order chi connectivity index (χ0) is 16.4. The third-order valence-corrected chi connectivity index (χ3v) is 3.64. The third-order valence-electron chi connectivity index (χ3n) is 3.64. The number of benzene rings is 1. The maximum absolute atomic E-state index is 12.3. The maximum Gasteiger partial charge on any atom is 0.288 e. The van der Waals surface area contributed by atoms with E-state index in [0.717, 1.165) is 21.9 Å². The van der Waals surface area contributed by atoms with Crippen LogP contribution in [0.2, 0.25) is 0 Å². The van der Waals surface area contributed by atoms with Crippen LogP contribution in [0.5, 0.6) is 0 Å². The van der Waals surface area contributed by atoms with E-state index in [1.54, 1.807) is 12.1 Å². The Balaban J connectivity index is 2.36. The molecule has 0 radical (unpaired) electrons. The van der Waals surface area contributed by atoms with Crippen LogP contribution in [0.1, 0.15) is 27.0 Å². The lowest BCUT2D eigenvalue weighted by Crippen LogP contribution is -2.24. The summed E-state index contributed by atoms with van der Waals surface area (Å²) in [6.45, 7) is 5.11. The van der Waals surface area contributed by atoms with Crippen molar-refractivity contribution >= 4 is 11.5 Å². The minimum Gasteiger partial charge on any atom is -0.301 e. The fourth-order valence-electron chi connectivity index (χ4n) is 2.13. The van der Waals surface area contributed by atoms with Crippen molar-refractivity contribution in [3.63, 3.8) is 0 Å². The number of aryl methyl sites for hydroxylation is 3. The molecule has 0 bridgehead atoms. The molecule has 0 fully saturated rings. The van der Waals surface area contributed by atoms with Gasteiger partial charge in [0.15, 0.2) is 5.78 Å². The van der Waals surface area contributed by atoms with Gasteiger partial charge < -0.3 is 4.57 Å². The Bertz CT molecular complexity index is 821. The summed E-state index contributed by atoms with van der Waals surface area (Å²) in [5, 5.41) is 10.9. The third kappa shape index (κ3) is 3.11. The second-order valence-corrected chi connectivity index (χ2v) is 5.29. The molecule has 0 aliphatic rings. The molecule has 0 saturated carbocycles. The average molecular weight is 300 g/mol. The zero-order valence-electron chi connectivity index (χ0n) is 12.6. The van der Waals surface area contributed by atoms with Gasteiger partial charge in [-0.25, -0.2) is 0 Å². The number of hydrogen-bond acceptors (Lipinski definition) is 4. The zero-order valence-corrected chi connectivity index (χ0v) is 12.6. The molecule has 22 heavy (non-hydrogen) atoms. The summed E-state index contributed by atoms with van der Waals surface area (Å²) >= 11 is 0. The molecule has 0 unspecified atom stereocenters. The Morgan fingerprint density at radius 3 is 2.41 bits per heavy atom. The van der Waals surface area contributed by atoms with Crippen LogP contribution in [0.4, 0.5) is 5.69 Å².